The molecule has 0 aromatic carbocycles. The summed E-state index contributed by atoms with van der Waals surface area (Å²) >= 11 is 0. The molecule has 18 heavy (non-hydrogen) atoms. The Morgan fingerprint density at radius 2 is 2.17 bits per heavy atom. The number of piperidine rings is 1. The van der Waals surface area contributed by atoms with Crippen LogP contribution in [0.25, 0.3) is 0 Å². The Kier molecular flexibility index (Phi) is 5.87. The van der Waals surface area contributed by atoms with Gasteiger partial charge in [-0.1, -0.05) is 0 Å². The molecular formula is C11H18F3NO3. The highest BCUT2D eigenvalue weighted by molar-refractivity contribution is 5.72. The van der Waals surface area contributed by atoms with Gasteiger partial charge in [0.25, 0.3) is 0 Å². The van der Waals surface area contributed by atoms with Gasteiger partial charge in [-0.15, -0.1) is 0 Å². The van der Waals surface area contributed by atoms with Gasteiger partial charge in [0, 0.05) is 13.1 Å². The summed E-state index contributed by atoms with van der Waals surface area (Å²) in [4.78, 5) is 13.3. The number of alkyl halides is 3. The number of likely N-dealkylation sites (tertiary alicyclic amines) is 1. The highest BCUT2D eigenvalue weighted by Gasteiger charge is 2.28. The number of carbonyl (C=O) groups excluding carboxylic acids is 1. The lowest BCUT2D eigenvalue weighted by atomic mass is 9.98. The van der Waals surface area contributed by atoms with Crippen molar-refractivity contribution in [1.82, 2.24) is 4.90 Å². The monoisotopic (exact) mass is 269 g/mol. The smallest absolute Gasteiger partial charge is 0.411 e. The summed E-state index contributed by atoms with van der Waals surface area (Å²) < 4.78 is 44.7. The van der Waals surface area contributed by atoms with E-state index in [0.29, 0.717) is 13.1 Å². The molecule has 1 atom stereocenters. The second-order valence-corrected chi connectivity index (χ2v) is 4.33. The third-order valence-corrected chi connectivity index (χ3v) is 2.86. The first kappa shape index (κ1) is 15.2. The lowest BCUT2D eigenvalue weighted by Crippen LogP contribution is -2.40. The van der Waals surface area contributed by atoms with Gasteiger partial charge in [0.15, 0.2) is 0 Å². The zero-order chi connectivity index (χ0) is 13.6. The van der Waals surface area contributed by atoms with Crippen LogP contribution < -0.4 is 0 Å². The average molecular weight is 269 g/mol. The molecule has 0 bridgehead atoms. The third-order valence-electron chi connectivity index (χ3n) is 2.86. The predicted octanol–water partition coefficient (Wildman–Crippen LogP) is 1.45. The maximum atomic E-state index is 11.8. The molecule has 0 unspecified atom stereocenters. The van der Waals surface area contributed by atoms with Crippen LogP contribution in [0, 0.1) is 5.92 Å². The Balaban J connectivity index is 2.20. The van der Waals surface area contributed by atoms with Gasteiger partial charge in [0.05, 0.1) is 19.6 Å². The highest BCUT2D eigenvalue weighted by Crippen LogP contribution is 2.18. The van der Waals surface area contributed by atoms with Crippen molar-refractivity contribution in [3.8, 4) is 0 Å². The van der Waals surface area contributed by atoms with Gasteiger partial charge < -0.3 is 14.4 Å². The second kappa shape index (κ2) is 6.94. The number of esters is 1. The lowest BCUT2D eigenvalue weighted by molar-refractivity contribution is -0.174. The molecule has 7 heteroatoms. The number of halogens is 3. The summed E-state index contributed by atoms with van der Waals surface area (Å²) in [5, 5.41) is 0. The molecule has 1 saturated heterocycles. The van der Waals surface area contributed by atoms with E-state index < -0.39 is 12.8 Å². The van der Waals surface area contributed by atoms with E-state index in [2.05, 4.69) is 9.47 Å². The Morgan fingerprint density at radius 3 is 2.78 bits per heavy atom. The Bertz CT molecular complexity index is 271. The minimum atomic E-state index is -4.28. The van der Waals surface area contributed by atoms with Crippen molar-refractivity contribution < 1.29 is 27.4 Å². The molecule has 1 fully saturated rings. The maximum absolute atomic E-state index is 11.8. The van der Waals surface area contributed by atoms with E-state index >= 15 is 0 Å². The Morgan fingerprint density at radius 1 is 1.44 bits per heavy atom. The highest BCUT2D eigenvalue weighted by atomic mass is 19.4. The molecule has 0 N–H and O–H groups in total. The molecule has 0 spiro atoms. The van der Waals surface area contributed by atoms with Crippen LogP contribution in [0.15, 0.2) is 0 Å². The van der Waals surface area contributed by atoms with Crippen molar-refractivity contribution >= 4 is 5.97 Å². The predicted molar refractivity (Wildman–Crippen MR) is 58.1 cm³/mol. The Labute approximate surface area is 104 Å². The first-order valence-corrected chi connectivity index (χ1v) is 5.87. The average Bonchev–Trinajstić information content (AvgIpc) is 2.33. The molecule has 1 aliphatic rings. The molecule has 106 valence electrons. The molecular weight excluding hydrogens is 251 g/mol. The number of carbonyl (C=O) groups is 1. The molecule has 1 aliphatic heterocycles. The van der Waals surface area contributed by atoms with Crippen LogP contribution in [-0.4, -0.2) is 57.0 Å². The summed E-state index contributed by atoms with van der Waals surface area (Å²) in [6.07, 6.45) is -2.66. The van der Waals surface area contributed by atoms with E-state index in [1.54, 1.807) is 0 Å². The Hall–Kier alpha value is -0.820. The van der Waals surface area contributed by atoms with Gasteiger partial charge in [-0.2, -0.15) is 13.2 Å². The molecule has 0 radical (unpaired) electrons. The normalized spacial score (nSPS) is 21.9. The fraction of sp³-hybridized carbons (Fsp3) is 0.909. The van der Waals surface area contributed by atoms with Gasteiger partial charge in [-0.3, -0.25) is 4.79 Å². The van der Waals surface area contributed by atoms with Crippen molar-refractivity contribution in [3.63, 3.8) is 0 Å². The van der Waals surface area contributed by atoms with E-state index in [9.17, 15) is 18.0 Å². The van der Waals surface area contributed by atoms with Crippen LogP contribution in [-0.2, 0) is 14.3 Å². The van der Waals surface area contributed by atoms with Crippen LogP contribution in [0.5, 0.6) is 0 Å². The zero-order valence-electron chi connectivity index (χ0n) is 10.3. The van der Waals surface area contributed by atoms with Crippen LogP contribution >= 0.6 is 0 Å². The lowest BCUT2D eigenvalue weighted by Gasteiger charge is -2.31. The molecule has 0 saturated carbocycles. The van der Waals surface area contributed by atoms with E-state index in [1.807, 2.05) is 4.90 Å². The molecule has 4 nitrogen and oxygen atoms in total. The minimum Gasteiger partial charge on any atom is -0.469 e. The van der Waals surface area contributed by atoms with Crippen LogP contribution in [0.3, 0.4) is 0 Å². The van der Waals surface area contributed by atoms with Crippen LogP contribution in [0.4, 0.5) is 13.2 Å². The van der Waals surface area contributed by atoms with E-state index in [1.165, 1.54) is 7.11 Å². The van der Waals surface area contributed by atoms with Crippen molar-refractivity contribution in [3.05, 3.63) is 0 Å². The quantitative estimate of drug-likeness (QED) is 0.559. The van der Waals surface area contributed by atoms with Crippen molar-refractivity contribution in [2.45, 2.75) is 19.0 Å². The fourth-order valence-electron chi connectivity index (χ4n) is 2.00. The molecule has 0 amide bonds. The number of rotatable bonds is 5. The molecule has 1 heterocycles. The number of methoxy groups -OCH3 is 1. The molecule has 1 rings (SSSR count). The number of nitrogens with zero attached hydrogens (tertiary/aromatic N) is 1. The first-order chi connectivity index (χ1) is 8.42. The van der Waals surface area contributed by atoms with E-state index in [0.717, 1.165) is 19.4 Å². The third kappa shape index (κ3) is 5.68. The van der Waals surface area contributed by atoms with Crippen molar-refractivity contribution in [2.75, 3.05) is 40.0 Å². The van der Waals surface area contributed by atoms with Crippen molar-refractivity contribution in [1.29, 1.82) is 0 Å². The summed E-state index contributed by atoms with van der Waals surface area (Å²) in [5.41, 5.74) is 0. The summed E-state index contributed by atoms with van der Waals surface area (Å²) in [6, 6.07) is 0. The largest absolute Gasteiger partial charge is 0.469 e. The van der Waals surface area contributed by atoms with Crippen LogP contribution in [0.2, 0.25) is 0 Å². The molecule has 0 aromatic heterocycles. The first-order valence-electron chi connectivity index (χ1n) is 5.87. The standard InChI is InChI=1S/C11H18F3NO3/c1-17-10(16)9-3-2-4-15(7-9)5-6-18-8-11(12,13)14/h9H,2-8H2,1H3/t9-/m0/s1. The van der Waals surface area contributed by atoms with Crippen molar-refractivity contribution in [2.24, 2.45) is 5.92 Å². The van der Waals surface area contributed by atoms with E-state index in [4.69, 9.17) is 0 Å². The van der Waals surface area contributed by atoms with Gasteiger partial charge in [-0.25, -0.2) is 0 Å². The van der Waals surface area contributed by atoms with E-state index in [-0.39, 0.29) is 18.5 Å². The van der Waals surface area contributed by atoms with Gasteiger partial charge in [0.1, 0.15) is 6.61 Å². The van der Waals surface area contributed by atoms with Gasteiger partial charge in [0.2, 0.25) is 0 Å². The maximum Gasteiger partial charge on any atom is 0.411 e. The summed E-state index contributed by atoms with van der Waals surface area (Å²) in [6.45, 7) is 0.517. The fourth-order valence-corrected chi connectivity index (χ4v) is 2.00. The SMILES string of the molecule is COC(=O)[C@H]1CCCN(CCOCC(F)(F)F)C1. The number of ether oxygens (including phenoxy) is 2. The topological polar surface area (TPSA) is 38.8 Å². The molecule has 0 aliphatic carbocycles. The minimum absolute atomic E-state index is 0.0212. The zero-order valence-corrected chi connectivity index (χ0v) is 10.3. The number of hydrogen-bond acceptors (Lipinski definition) is 4. The van der Waals surface area contributed by atoms with Gasteiger partial charge >= 0.3 is 12.1 Å². The second-order valence-electron chi connectivity index (χ2n) is 4.33. The summed E-state index contributed by atoms with van der Waals surface area (Å²) in [7, 11) is 1.34. The summed E-state index contributed by atoms with van der Waals surface area (Å²) in [5.74, 6) is -0.428. The molecule has 0 aromatic rings. The number of hydrogen-bond donors (Lipinski definition) is 0. The van der Waals surface area contributed by atoms with Gasteiger partial charge in [-0.05, 0) is 19.4 Å². The van der Waals surface area contributed by atoms with Crippen LogP contribution in [0.1, 0.15) is 12.8 Å².